The zero-order chi connectivity index (χ0) is 12.6. The van der Waals surface area contributed by atoms with E-state index in [0.29, 0.717) is 18.8 Å². The number of amides is 1. The van der Waals surface area contributed by atoms with Crippen LogP contribution in [0.4, 0.5) is 0 Å². The quantitative estimate of drug-likeness (QED) is 0.678. The summed E-state index contributed by atoms with van der Waals surface area (Å²) in [6.07, 6.45) is 2.91. The molecule has 0 fully saturated rings. The molecule has 1 atom stereocenters. The van der Waals surface area contributed by atoms with Gasteiger partial charge >= 0.3 is 5.97 Å². The van der Waals surface area contributed by atoms with E-state index in [-0.39, 0.29) is 11.9 Å². The smallest absolute Gasteiger partial charge is 0.328 e. The first-order valence-corrected chi connectivity index (χ1v) is 5.88. The molecule has 0 aliphatic carbocycles. The molecule has 0 aromatic heterocycles. The van der Waals surface area contributed by atoms with Gasteiger partial charge in [-0.1, -0.05) is 27.2 Å². The highest BCUT2D eigenvalue weighted by Crippen LogP contribution is 2.07. The van der Waals surface area contributed by atoms with Crippen molar-refractivity contribution in [3.8, 4) is 0 Å². The number of hydrogen-bond acceptors (Lipinski definition) is 3. The maximum absolute atomic E-state index is 11.5. The zero-order valence-electron chi connectivity index (χ0n) is 10.7. The second kappa shape index (κ2) is 8.13. The van der Waals surface area contributed by atoms with Gasteiger partial charge in [0, 0.05) is 6.42 Å². The van der Waals surface area contributed by atoms with Gasteiger partial charge in [0.15, 0.2) is 0 Å². The van der Waals surface area contributed by atoms with Crippen molar-refractivity contribution in [1.29, 1.82) is 0 Å². The van der Waals surface area contributed by atoms with Gasteiger partial charge < -0.3 is 10.1 Å². The first-order chi connectivity index (χ1) is 7.51. The van der Waals surface area contributed by atoms with E-state index >= 15 is 0 Å². The highest BCUT2D eigenvalue weighted by atomic mass is 16.5. The normalized spacial score (nSPS) is 12.3. The van der Waals surface area contributed by atoms with Crippen LogP contribution in [0.1, 0.15) is 46.5 Å². The maximum Gasteiger partial charge on any atom is 0.328 e. The largest absolute Gasteiger partial charge is 0.467 e. The molecule has 4 nitrogen and oxygen atoms in total. The fraction of sp³-hybridized carbons (Fsp3) is 0.833. The molecular formula is C12H23NO3. The Bertz CT molecular complexity index is 226. The van der Waals surface area contributed by atoms with E-state index in [1.54, 1.807) is 0 Å². The molecule has 0 saturated carbocycles. The standard InChI is InChI=1S/C12H23NO3/c1-5-6-7-11(14)13-10(8-9(2)3)12(15)16-4/h9-10H,5-8H2,1-4H3,(H,13,14). The third-order valence-electron chi connectivity index (χ3n) is 2.29. The third-order valence-corrected chi connectivity index (χ3v) is 2.29. The number of carbonyl (C=O) groups excluding carboxylic acids is 2. The first kappa shape index (κ1) is 14.9. The van der Waals surface area contributed by atoms with Crippen LogP contribution in [0.2, 0.25) is 0 Å². The number of rotatable bonds is 7. The van der Waals surface area contributed by atoms with Gasteiger partial charge in [-0.2, -0.15) is 0 Å². The van der Waals surface area contributed by atoms with Crippen molar-refractivity contribution >= 4 is 11.9 Å². The Morgan fingerprint density at radius 3 is 2.38 bits per heavy atom. The summed E-state index contributed by atoms with van der Waals surface area (Å²) in [6, 6.07) is -0.505. The zero-order valence-corrected chi connectivity index (χ0v) is 10.7. The summed E-state index contributed by atoms with van der Waals surface area (Å²) in [5, 5.41) is 2.72. The fourth-order valence-electron chi connectivity index (χ4n) is 1.43. The van der Waals surface area contributed by atoms with Crippen LogP contribution in [0.3, 0.4) is 0 Å². The Morgan fingerprint density at radius 1 is 1.31 bits per heavy atom. The minimum absolute atomic E-state index is 0.0714. The Labute approximate surface area is 97.7 Å². The van der Waals surface area contributed by atoms with Crippen molar-refractivity contribution in [2.45, 2.75) is 52.5 Å². The lowest BCUT2D eigenvalue weighted by Gasteiger charge is -2.18. The van der Waals surface area contributed by atoms with Crippen LogP contribution in [-0.2, 0) is 14.3 Å². The SMILES string of the molecule is CCCCC(=O)NC(CC(C)C)C(=O)OC. The number of ether oxygens (including phenoxy) is 1. The molecule has 0 spiro atoms. The summed E-state index contributed by atoms with van der Waals surface area (Å²) in [7, 11) is 1.34. The van der Waals surface area contributed by atoms with Gasteiger partial charge in [0.25, 0.3) is 0 Å². The molecule has 0 aliphatic heterocycles. The van der Waals surface area contributed by atoms with Crippen molar-refractivity contribution in [1.82, 2.24) is 5.32 Å². The van der Waals surface area contributed by atoms with Crippen LogP contribution in [0.15, 0.2) is 0 Å². The average Bonchev–Trinajstić information content (AvgIpc) is 2.23. The average molecular weight is 229 g/mol. The molecule has 16 heavy (non-hydrogen) atoms. The second-order valence-corrected chi connectivity index (χ2v) is 4.38. The third kappa shape index (κ3) is 6.43. The predicted octanol–water partition coefficient (Wildman–Crippen LogP) is 1.88. The second-order valence-electron chi connectivity index (χ2n) is 4.38. The highest BCUT2D eigenvalue weighted by Gasteiger charge is 2.21. The summed E-state index contributed by atoms with van der Waals surface area (Å²) >= 11 is 0. The van der Waals surface area contributed by atoms with E-state index in [2.05, 4.69) is 10.1 Å². The number of carbonyl (C=O) groups is 2. The van der Waals surface area contributed by atoms with Gasteiger partial charge in [0.05, 0.1) is 7.11 Å². The summed E-state index contributed by atoms with van der Waals surface area (Å²) in [5.74, 6) is -0.0907. The van der Waals surface area contributed by atoms with Crippen molar-refractivity contribution in [2.75, 3.05) is 7.11 Å². The molecule has 94 valence electrons. The van der Waals surface area contributed by atoms with E-state index in [0.717, 1.165) is 12.8 Å². The first-order valence-electron chi connectivity index (χ1n) is 5.88. The summed E-state index contributed by atoms with van der Waals surface area (Å²) in [4.78, 5) is 22.9. The Balaban J connectivity index is 4.19. The van der Waals surface area contributed by atoms with Crippen LogP contribution in [0, 0.1) is 5.92 Å². The summed E-state index contributed by atoms with van der Waals surface area (Å²) < 4.78 is 4.66. The summed E-state index contributed by atoms with van der Waals surface area (Å²) in [6.45, 7) is 6.04. The lowest BCUT2D eigenvalue weighted by atomic mass is 10.0. The highest BCUT2D eigenvalue weighted by molar-refractivity contribution is 5.84. The summed E-state index contributed by atoms with van der Waals surface area (Å²) in [5.41, 5.74) is 0. The van der Waals surface area contributed by atoms with E-state index in [9.17, 15) is 9.59 Å². The van der Waals surface area contributed by atoms with E-state index < -0.39 is 6.04 Å². The van der Waals surface area contributed by atoms with Gasteiger partial charge in [-0.05, 0) is 18.8 Å². The van der Waals surface area contributed by atoms with Crippen LogP contribution in [0.25, 0.3) is 0 Å². The van der Waals surface area contributed by atoms with E-state index in [1.807, 2.05) is 20.8 Å². The number of nitrogens with one attached hydrogen (secondary N) is 1. The molecule has 1 N–H and O–H groups in total. The lowest BCUT2D eigenvalue weighted by Crippen LogP contribution is -2.42. The van der Waals surface area contributed by atoms with Gasteiger partial charge in [-0.15, -0.1) is 0 Å². The van der Waals surface area contributed by atoms with Crippen molar-refractivity contribution in [3.63, 3.8) is 0 Å². The number of hydrogen-bond donors (Lipinski definition) is 1. The molecule has 0 radical (unpaired) electrons. The van der Waals surface area contributed by atoms with Crippen LogP contribution >= 0.6 is 0 Å². The van der Waals surface area contributed by atoms with E-state index in [1.165, 1.54) is 7.11 Å². The molecule has 0 aromatic carbocycles. The van der Waals surface area contributed by atoms with E-state index in [4.69, 9.17) is 0 Å². The van der Waals surface area contributed by atoms with Crippen molar-refractivity contribution < 1.29 is 14.3 Å². The Morgan fingerprint density at radius 2 is 1.94 bits per heavy atom. The lowest BCUT2D eigenvalue weighted by molar-refractivity contribution is -0.145. The van der Waals surface area contributed by atoms with Gasteiger partial charge in [-0.25, -0.2) is 4.79 Å². The number of esters is 1. The molecule has 1 amide bonds. The molecule has 0 rings (SSSR count). The van der Waals surface area contributed by atoms with Gasteiger partial charge in [0.2, 0.25) is 5.91 Å². The molecule has 0 bridgehead atoms. The van der Waals surface area contributed by atoms with Crippen molar-refractivity contribution in [2.24, 2.45) is 5.92 Å². The molecule has 1 unspecified atom stereocenters. The molecule has 0 aromatic rings. The maximum atomic E-state index is 11.5. The van der Waals surface area contributed by atoms with Crippen LogP contribution in [0.5, 0.6) is 0 Å². The van der Waals surface area contributed by atoms with Gasteiger partial charge in [0.1, 0.15) is 6.04 Å². The Hall–Kier alpha value is -1.06. The molecular weight excluding hydrogens is 206 g/mol. The minimum atomic E-state index is -0.505. The predicted molar refractivity (Wildman–Crippen MR) is 62.9 cm³/mol. The molecule has 0 heterocycles. The number of methoxy groups -OCH3 is 1. The molecule has 0 saturated heterocycles. The van der Waals surface area contributed by atoms with Gasteiger partial charge in [-0.3, -0.25) is 4.79 Å². The molecule has 0 aliphatic rings. The number of unbranched alkanes of at least 4 members (excludes halogenated alkanes) is 1. The topological polar surface area (TPSA) is 55.4 Å². The monoisotopic (exact) mass is 229 g/mol. The molecule has 4 heteroatoms. The Kier molecular flexibility index (Phi) is 7.60. The van der Waals surface area contributed by atoms with Crippen LogP contribution in [-0.4, -0.2) is 25.0 Å². The fourth-order valence-corrected chi connectivity index (χ4v) is 1.43. The van der Waals surface area contributed by atoms with Crippen LogP contribution < -0.4 is 5.32 Å². The van der Waals surface area contributed by atoms with Crippen molar-refractivity contribution in [3.05, 3.63) is 0 Å². The minimum Gasteiger partial charge on any atom is -0.467 e.